The minimum atomic E-state index is -3.87. The van der Waals surface area contributed by atoms with Crippen LogP contribution >= 0.6 is 22.9 Å². The molecule has 1 aliphatic heterocycles. The summed E-state index contributed by atoms with van der Waals surface area (Å²) in [6, 6.07) is 11.4. The maximum atomic E-state index is 13.0. The second-order valence-corrected chi connectivity index (χ2v) is 10.6. The highest BCUT2D eigenvalue weighted by molar-refractivity contribution is 7.89. The van der Waals surface area contributed by atoms with Crippen molar-refractivity contribution in [2.75, 3.05) is 38.2 Å². The third kappa shape index (κ3) is 5.11. The number of anilines is 1. The molecule has 0 N–H and O–H groups in total. The van der Waals surface area contributed by atoms with E-state index >= 15 is 0 Å². The SMILES string of the molecule is COc1cccc(Cc2csc(N3CCN(S(=O)(=O)c4ccc(Cl)c([N+](=O)[O-])c4)CC3)n2)c1. The first-order valence-corrected chi connectivity index (χ1v) is 12.7. The first-order valence-electron chi connectivity index (χ1n) is 10.0. The lowest BCUT2D eigenvalue weighted by atomic mass is 10.1. The molecule has 1 saturated heterocycles. The Balaban J connectivity index is 1.42. The van der Waals surface area contributed by atoms with Gasteiger partial charge in [-0.25, -0.2) is 13.4 Å². The van der Waals surface area contributed by atoms with Gasteiger partial charge in [0.1, 0.15) is 10.8 Å². The highest BCUT2D eigenvalue weighted by Crippen LogP contribution is 2.30. The average molecular weight is 509 g/mol. The van der Waals surface area contributed by atoms with E-state index in [1.807, 2.05) is 29.6 Å². The first kappa shape index (κ1) is 23.4. The lowest BCUT2D eigenvalue weighted by Crippen LogP contribution is -2.48. The van der Waals surface area contributed by atoms with Crippen molar-refractivity contribution >= 4 is 43.8 Å². The molecule has 0 amide bonds. The summed E-state index contributed by atoms with van der Waals surface area (Å²) >= 11 is 7.34. The van der Waals surface area contributed by atoms with E-state index < -0.39 is 20.6 Å². The molecule has 4 rings (SSSR count). The molecule has 0 spiro atoms. The average Bonchev–Trinajstić information content (AvgIpc) is 3.27. The Kier molecular flexibility index (Phi) is 6.84. The van der Waals surface area contributed by atoms with Gasteiger partial charge in [-0.05, 0) is 29.8 Å². The van der Waals surface area contributed by atoms with Crippen LogP contribution in [0.5, 0.6) is 5.75 Å². The second-order valence-electron chi connectivity index (χ2n) is 7.41. The van der Waals surface area contributed by atoms with Gasteiger partial charge >= 0.3 is 0 Å². The standard InChI is InChI=1S/C21H21ClN4O5S2/c1-31-17-4-2-3-15(12-17)11-16-14-32-21(23-16)24-7-9-25(10-8-24)33(29,30)18-5-6-19(22)20(13-18)26(27)28/h2-6,12-14H,7-11H2,1H3. The summed E-state index contributed by atoms with van der Waals surface area (Å²) in [5.41, 5.74) is 1.61. The summed E-state index contributed by atoms with van der Waals surface area (Å²) in [6.45, 7) is 1.45. The fraction of sp³-hybridized carbons (Fsp3) is 0.286. The Morgan fingerprint density at radius 3 is 2.64 bits per heavy atom. The number of halogens is 1. The van der Waals surface area contributed by atoms with Gasteiger partial charge in [0.2, 0.25) is 10.0 Å². The van der Waals surface area contributed by atoms with E-state index in [-0.39, 0.29) is 23.0 Å². The molecule has 174 valence electrons. The van der Waals surface area contributed by atoms with Gasteiger partial charge < -0.3 is 9.64 Å². The Bertz CT molecular complexity index is 1270. The van der Waals surface area contributed by atoms with Gasteiger partial charge in [0, 0.05) is 44.0 Å². The molecule has 1 aromatic heterocycles. The molecule has 33 heavy (non-hydrogen) atoms. The monoisotopic (exact) mass is 508 g/mol. The molecule has 0 saturated carbocycles. The van der Waals surface area contributed by atoms with Gasteiger partial charge in [0.05, 0.1) is 22.6 Å². The fourth-order valence-corrected chi connectivity index (χ4v) is 6.08. The number of sulfonamides is 1. The molecule has 0 atom stereocenters. The summed E-state index contributed by atoms with van der Waals surface area (Å²) in [4.78, 5) is 17.1. The molecule has 1 aliphatic rings. The van der Waals surface area contributed by atoms with E-state index in [9.17, 15) is 18.5 Å². The van der Waals surface area contributed by atoms with Crippen LogP contribution in [0.15, 0.2) is 52.7 Å². The van der Waals surface area contributed by atoms with Crippen molar-refractivity contribution in [2.45, 2.75) is 11.3 Å². The number of benzene rings is 2. The van der Waals surface area contributed by atoms with Crippen LogP contribution in [0.2, 0.25) is 5.02 Å². The lowest BCUT2D eigenvalue weighted by Gasteiger charge is -2.33. The van der Waals surface area contributed by atoms with Gasteiger partial charge in [-0.3, -0.25) is 10.1 Å². The van der Waals surface area contributed by atoms with E-state index in [0.717, 1.165) is 28.2 Å². The maximum absolute atomic E-state index is 13.0. The van der Waals surface area contributed by atoms with E-state index in [0.29, 0.717) is 19.5 Å². The number of thiazole rings is 1. The first-order chi connectivity index (χ1) is 15.8. The molecule has 0 bridgehead atoms. The normalized spacial score (nSPS) is 14.9. The third-order valence-electron chi connectivity index (χ3n) is 5.32. The highest BCUT2D eigenvalue weighted by atomic mass is 35.5. The van der Waals surface area contributed by atoms with E-state index in [2.05, 4.69) is 4.90 Å². The molecule has 2 aromatic carbocycles. The Labute approximate surface area is 200 Å². The van der Waals surface area contributed by atoms with Crippen LogP contribution in [0.3, 0.4) is 0 Å². The van der Waals surface area contributed by atoms with E-state index in [1.165, 1.54) is 27.8 Å². The molecular weight excluding hydrogens is 488 g/mol. The number of aromatic nitrogens is 1. The molecule has 0 unspecified atom stereocenters. The van der Waals surface area contributed by atoms with Crippen molar-refractivity contribution in [3.8, 4) is 5.75 Å². The smallest absolute Gasteiger partial charge is 0.289 e. The number of methoxy groups -OCH3 is 1. The number of hydrogen-bond donors (Lipinski definition) is 0. The zero-order chi connectivity index (χ0) is 23.6. The largest absolute Gasteiger partial charge is 0.497 e. The third-order valence-corrected chi connectivity index (χ3v) is 8.48. The predicted octanol–water partition coefficient (Wildman–Crippen LogP) is 3.82. The molecule has 0 radical (unpaired) electrons. The quantitative estimate of drug-likeness (QED) is 0.353. The second kappa shape index (κ2) is 9.64. The zero-order valence-corrected chi connectivity index (χ0v) is 20.1. The van der Waals surface area contributed by atoms with Gasteiger partial charge in [-0.15, -0.1) is 11.3 Å². The molecular formula is C21H21ClN4O5S2. The Morgan fingerprint density at radius 2 is 1.94 bits per heavy atom. The van der Waals surface area contributed by atoms with Crippen LogP contribution in [0.1, 0.15) is 11.3 Å². The minimum absolute atomic E-state index is 0.0997. The highest BCUT2D eigenvalue weighted by Gasteiger charge is 2.31. The zero-order valence-electron chi connectivity index (χ0n) is 17.7. The number of rotatable bonds is 7. The number of nitrogens with zero attached hydrogens (tertiary/aromatic N) is 4. The van der Waals surface area contributed by atoms with Crippen molar-refractivity contribution in [3.05, 3.63) is 74.2 Å². The Hall–Kier alpha value is -2.73. The van der Waals surface area contributed by atoms with Crippen LogP contribution < -0.4 is 9.64 Å². The lowest BCUT2D eigenvalue weighted by molar-refractivity contribution is -0.384. The van der Waals surface area contributed by atoms with Crippen molar-refractivity contribution in [1.29, 1.82) is 0 Å². The van der Waals surface area contributed by atoms with Crippen LogP contribution in [0.4, 0.5) is 10.8 Å². The Morgan fingerprint density at radius 1 is 1.18 bits per heavy atom. The molecule has 2 heterocycles. The maximum Gasteiger partial charge on any atom is 0.289 e. The number of nitro groups is 1. The van der Waals surface area contributed by atoms with Crippen LogP contribution in [0.25, 0.3) is 0 Å². The van der Waals surface area contributed by atoms with Gasteiger partial charge in [0.15, 0.2) is 5.13 Å². The molecule has 3 aromatic rings. The number of ether oxygens (including phenoxy) is 1. The topological polar surface area (TPSA) is 106 Å². The van der Waals surface area contributed by atoms with Gasteiger partial charge in [-0.1, -0.05) is 23.7 Å². The van der Waals surface area contributed by atoms with Crippen molar-refractivity contribution < 1.29 is 18.1 Å². The fourth-order valence-electron chi connectivity index (χ4n) is 3.58. The summed E-state index contributed by atoms with van der Waals surface area (Å²) in [7, 11) is -2.23. The van der Waals surface area contributed by atoms with Gasteiger partial charge in [0.25, 0.3) is 5.69 Å². The van der Waals surface area contributed by atoms with E-state index in [4.69, 9.17) is 21.3 Å². The summed E-state index contributed by atoms with van der Waals surface area (Å²) in [6.07, 6.45) is 0.678. The minimum Gasteiger partial charge on any atom is -0.497 e. The van der Waals surface area contributed by atoms with Crippen molar-refractivity contribution in [1.82, 2.24) is 9.29 Å². The molecule has 0 aliphatic carbocycles. The number of nitro benzene ring substituents is 1. The summed E-state index contributed by atoms with van der Waals surface area (Å²) < 4.78 is 32.6. The van der Waals surface area contributed by atoms with Crippen molar-refractivity contribution in [2.24, 2.45) is 0 Å². The molecule has 12 heteroatoms. The van der Waals surface area contributed by atoms with Crippen LogP contribution in [0, 0.1) is 10.1 Å². The molecule has 9 nitrogen and oxygen atoms in total. The van der Waals surface area contributed by atoms with E-state index in [1.54, 1.807) is 7.11 Å². The van der Waals surface area contributed by atoms with Crippen LogP contribution in [-0.4, -0.2) is 55.9 Å². The van der Waals surface area contributed by atoms with Crippen molar-refractivity contribution in [3.63, 3.8) is 0 Å². The summed E-state index contributed by atoms with van der Waals surface area (Å²) in [5, 5.41) is 13.9. The number of hydrogen-bond acceptors (Lipinski definition) is 8. The summed E-state index contributed by atoms with van der Waals surface area (Å²) in [5.74, 6) is 0.798. The van der Waals surface area contributed by atoms with Gasteiger partial charge in [-0.2, -0.15) is 4.31 Å². The van der Waals surface area contributed by atoms with Crippen LogP contribution in [-0.2, 0) is 16.4 Å². The predicted molar refractivity (Wildman–Crippen MR) is 127 cm³/mol. The number of piperazine rings is 1. The molecule has 1 fully saturated rings.